The van der Waals surface area contributed by atoms with Gasteiger partial charge in [0.25, 0.3) is 0 Å². The molecule has 4 heteroatoms. The van der Waals surface area contributed by atoms with Crippen molar-refractivity contribution in [2.75, 3.05) is 6.61 Å². The van der Waals surface area contributed by atoms with E-state index in [1.165, 1.54) is 6.07 Å². The third-order valence-electron chi connectivity index (χ3n) is 4.13. The third-order valence-corrected chi connectivity index (χ3v) is 4.13. The molecule has 0 amide bonds. The Labute approximate surface area is 148 Å². The molecule has 2 aromatic rings. The van der Waals surface area contributed by atoms with Crippen LogP contribution in [0.1, 0.15) is 58.0 Å². The molecule has 0 aliphatic carbocycles. The number of ether oxygens (including phenoxy) is 1. The Hall–Kier alpha value is -2.62. The van der Waals surface area contributed by atoms with Crippen LogP contribution in [0.4, 0.5) is 0 Å². The van der Waals surface area contributed by atoms with Crippen LogP contribution >= 0.6 is 0 Å². The standard InChI is InChI=1S/C21H24O4/c1-2-3-4-11-25-21-10-8-17(13-19(21)15-23)6-5-16-7-9-20(24)18(12-16)14-22/h7-10,12-15,24H,2-6,11H2,1H3. The second-order valence-corrected chi connectivity index (χ2v) is 6.06. The van der Waals surface area contributed by atoms with Crippen LogP contribution in [0.5, 0.6) is 11.5 Å². The molecule has 0 aliphatic rings. The molecule has 0 aromatic heterocycles. The van der Waals surface area contributed by atoms with Crippen molar-refractivity contribution >= 4 is 12.6 Å². The lowest BCUT2D eigenvalue weighted by atomic mass is 10.0. The molecule has 4 nitrogen and oxygen atoms in total. The van der Waals surface area contributed by atoms with Gasteiger partial charge in [-0.25, -0.2) is 0 Å². The van der Waals surface area contributed by atoms with Crippen LogP contribution in [0, 0.1) is 0 Å². The Kier molecular flexibility index (Phi) is 7.20. The molecule has 0 spiro atoms. The summed E-state index contributed by atoms with van der Waals surface area (Å²) in [5.41, 5.74) is 2.85. The van der Waals surface area contributed by atoms with Crippen LogP contribution in [0.3, 0.4) is 0 Å². The van der Waals surface area contributed by atoms with E-state index in [2.05, 4.69) is 6.92 Å². The first-order valence-electron chi connectivity index (χ1n) is 8.66. The van der Waals surface area contributed by atoms with E-state index < -0.39 is 0 Å². The summed E-state index contributed by atoms with van der Waals surface area (Å²) in [6, 6.07) is 10.7. The zero-order valence-corrected chi connectivity index (χ0v) is 14.5. The van der Waals surface area contributed by atoms with Gasteiger partial charge in [-0.05, 0) is 54.7 Å². The Morgan fingerprint density at radius 2 is 1.56 bits per heavy atom. The van der Waals surface area contributed by atoms with E-state index in [4.69, 9.17) is 4.74 Å². The minimum Gasteiger partial charge on any atom is -0.507 e. The second kappa shape index (κ2) is 9.62. The lowest BCUT2D eigenvalue weighted by molar-refractivity contribution is 0.111. The highest BCUT2D eigenvalue weighted by Gasteiger charge is 2.06. The van der Waals surface area contributed by atoms with Gasteiger partial charge in [0, 0.05) is 0 Å². The summed E-state index contributed by atoms with van der Waals surface area (Å²) >= 11 is 0. The third kappa shape index (κ3) is 5.45. The Balaban J connectivity index is 2.00. The van der Waals surface area contributed by atoms with Gasteiger partial charge in [0.15, 0.2) is 12.6 Å². The van der Waals surface area contributed by atoms with Gasteiger partial charge in [-0.3, -0.25) is 9.59 Å². The number of phenolic OH excluding ortho intramolecular Hbond substituents is 1. The van der Waals surface area contributed by atoms with Crippen molar-refractivity contribution in [3.05, 3.63) is 58.7 Å². The summed E-state index contributed by atoms with van der Waals surface area (Å²) in [5.74, 6) is 0.620. The number of aldehydes is 2. The number of benzene rings is 2. The number of carbonyl (C=O) groups is 2. The molecule has 0 fully saturated rings. The summed E-state index contributed by atoms with van der Waals surface area (Å²) in [7, 11) is 0. The minimum atomic E-state index is -0.00781. The molecule has 1 N–H and O–H groups in total. The number of aryl methyl sites for hydroxylation is 2. The predicted octanol–water partition coefficient (Wildman–Crippen LogP) is 4.37. The zero-order valence-electron chi connectivity index (χ0n) is 14.5. The Morgan fingerprint density at radius 1 is 0.920 bits per heavy atom. The summed E-state index contributed by atoms with van der Waals surface area (Å²) in [6.07, 6.45) is 6.15. The Bertz CT molecular complexity index is 722. The second-order valence-electron chi connectivity index (χ2n) is 6.06. The molecule has 0 unspecified atom stereocenters. The summed E-state index contributed by atoms with van der Waals surface area (Å²) in [5, 5.41) is 9.54. The number of hydrogen-bond acceptors (Lipinski definition) is 4. The fraction of sp³-hybridized carbons (Fsp3) is 0.333. The molecule has 25 heavy (non-hydrogen) atoms. The Morgan fingerprint density at radius 3 is 2.20 bits per heavy atom. The largest absolute Gasteiger partial charge is 0.507 e. The van der Waals surface area contributed by atoms with E-state index in [0.29, 0.717) is 29.8 Å². The van der Waals surface area contributed by atoms with Crippen LogP contribution in [0.25, 0.3) is 0 Å². The maximum atomic E-state index is 11.3. The average molecular weight is 340 g/mol. The number of phenols is 1. The van der Waals surface area contributed by atoms with Crippen LogP contribution in [0.15, 0.2) is 36.4 Å². The fourth-order valence-corrected chi connectivity index (χ4v) is 2.65. The van der Waals surface area contributed by atoms with Crippen molar-refractivity contribution in [2.45, 2.75) is 39.0 Å². The highest BCUT2D eigenvalue weighted by molar-refractivity contribution is 5.80. The minimum absolute atomic E-state index is 0.00781. The highest BCUT2D eigenvalue weighted by atomic mass is 16.5. The smallest absolute Gasteiger partial charge is 0.153 e. The highest BCUT2D eigenvalue weighted by Crippen LogP contribution is 2.21. The van der Waals surface area contributed by atoms with Crippen molar-refractivity contribution in [1.29, 1.82) is 0 Å². The van der Waals surface area contributed by atoms with Crippen LogP contribution in [0.2, 0.25) is 0 Å². The molecule has 0 heterocycles. The van der Waals surface area contributed by atoms with Crippen LogP contribution in [-0.4, -0.2) is 24.3 Å². The summed E-state index contributed by atoms with van der Waals surface area (Å²) in [4.78, 5) is 22.2. The molecule has 0 aliphatic heterocycles. The van der Waals surface area contributed by atoms with E-state index in [9.17, 15) is 14.7 Å². The quantitative estimate of drug-likeness (QED) is 0.515. The maximum absolute atomic E-state index is 11.3. The summed E-state index contributed by atoms with van der Waals surface area (Å²) < 4.78 is 5.69. The van der Waals surface area contributed by atoms with E-state index >= 15 is 0 Å². The molecule has 0 radical (unpaired) electrons. The number of unbranched alkanes of at least 4 members (excludes halogenated alkanes) is 2. The van der Waals surface area contributed by atoms with Crippen molar-refractivity contribution < 1.29 is 19.4 Å². The average Bonchev–Trinajstić information content (AvgIpc) is 2.65. The van der Waals surface area contributed by atoms with Crippen molar-refractivity contribution in [2.24, 2.45) is 0 Å². The normalized spacial score (nSPS) is 10.4. The van der Waals surface area contributed by atoms with E-state index in [0.717, 1.165) is 49.5 Å². The van der Waals surface area contributed by atoms with E-state index in [1.54, 1.807) is 12.1 Å². The lowest BCUT2D eigenvalue weighted by Gasteiger charge is -2.10. The first kappa shape index (κ1) is 18.7. The van der Waals surface area contributed by atoms with Crippen molar-refractivity contribution in [3.63, 3.8) is 0 Å². The number of carbonyl (C=O) groups excluding carboxylic acids is 2. The van der Waals surface area contributed by atoms with Gasteiger partial charge in [-0.2, -0.15) is 0 Å². The predicted molar refractivity (Wildman–Crippen MR) is 97.8 cm³/mol. The van der Waals surface area contributed by atoms with E-state index in [-0.39, 0.29) is 5.75 Å². The molecule has 0 bridgehead atoms. The lowest BCUT2D eigenvalue weighted by Crippen LogP contribution is -2.01. The molecule has 0 saturated carbocycles. The SMILES string of the molecule is CCCCCOc1ccc(CCc2ccc(O)c(C=O)c2)cc1C=O. The van der Waals surface area contributed by atoms with Crippen LogP contribution < -0.4 is 4.74 Å². The van der Waals surface area contributed by atoms with Crippen molar-refractivity contribution in [1.82, 2.24) is 0 Å². The molecular weight excluding hydrogens is 316 g/mol. The molecule has 0 saturated heterocycles. The topological polar surface area (TPSA) is 63.6 Å². The number of rotatable bonds is 10. The first-order valence-corrected chi connectivity index (χ1v) is 8.66. The van der Waals surface area contributed by atoms with Gasteiger partial charge in [0.1, 0.15) is 11.5 Å². The van der Waals surface area contributed by atoms with E-state index in [1.807, 2.05) is 18.2 Å². The van der Waals surface area contributed by atoms with Crippen molar-refractivity contribution in [3.8, 4) is 11.5 Å². The summed E-state index contributed by atoms with van der Waals surface area (Å²) in [6.45, 7) is 2.76. The molecule has 2 aromatic carbocycles. The molecule has 2 rings (SSSR count). The molecule has 0 atom stereocenters. The van der Waals surface area contributed by atoms with Gasteiger partial charge in [0.2, 0.25) is 0 Å². The van der Waals surface area contributed by atoms with Gasteiger partial charge < -0.3 is 9.84 Å². The van der Waals surface area contributed by atoms with Crippen LogP contribution in [-0.2, 0) is 12.8 Å². The number of aromatic hydroxyl groups is 1. The van der Waals surface area contributed by atoms with Gasteiger partial charge in [-0.15, -0.1) is 0 Å². The van der Waals surface area contributed by atoms with Gasteiger partial charge in [0.05, 0.1) is 17.7 Å². The molecule has 132 valence electrons. The number of hydrogen-bond donors (Lipinski definition) is 1. The van der Waals surface area contributed by atoms with Gasteiger partial charge >= 0.3 is 0 Å². The first-order chi connectivity index (χ1) is 12.2. The maximum Gasteiger partial charge on any atom is 0.153 e. The van der Waals surface area contributed by atoms with Gasteiger partial charge in [-0.1, -0.05) is 31.9 Å². The molecular formula is C21H24O4. The monoisotopic (exact) mass is 340 g/mol. The fourth-order valence-electron chi connectivity index (χ4n) is 2.65. The zero-order chi connectivity index (χ0) is 18.1.